The van der Waals surface area contributed by atoms with Gasteiger partial charge >= 0.3 is 0 Å². The topological polar surface area (TPSA) is 57.4 Å². The fourth-order valence-corrected chi connectivity index (χ4v) is 7.75. The lowest BCUT2D eigenvalue weighted by molar-refractivity contribution is -0.0411. The Bertz CT molecular complexity index is 743. The highest BCUT2D eigenvalue weighted by Crippen LogP contribution is 2.66. The number of rotatable bonds is 5. The maximum Gasteiger partial charge on any atom is 0.129 e. The first-order chi connectivity index (χ1) is 14.3. The fraction of sp³-hybridized carbons (Fsp3) is 0.840. The number of fused-ring (bicyclic) bond motifs is 5. The normalized spacial score (nSPS) is 42.5. The highest BCUT2D eigenvalue weighted by atomic mass is 16.6. The van der Waals surface area contributed by atoms with Crippen molar-refractivity contribution < 1.29 is 10.0 Å². The van der Waals surface area contributed by atoms with Crippen LogP contribution in [0.25, 0.3) is 0 Å². The van der Waals surface area contributed by atoms with E-state index in [4.69, 9.17) is 4.84 Å². The van der Waals surface area contributed by atoms with E-state index in [1.807, 2.05) is 6.92 Å². The molecule has 0 aromatic carbocycles. The molecule has 4 aliphatic rings. The summed E-state index contributed by atoms with van der Waals surface area (Å²) in [6.07, 6.45) is 12.2. The summed E-state index contributed by atoms with van der Waals surface area (Å²) in [5, 5.41) is 17.5. The second kappa shape index (κ2) is 8.29. The average Bonchev–Trinajstić information content (AvgIpc) is 3.07. The molecule has 0 aromatic heterocycles. The molecule has 0 aliphatic heterocycles. The summed E-state index contributed by atoms with van der Waals surface area (Å²) >= 11 is 0. The quantitative estimate of drug-likeness (QED) is 0.285. The standard InChI is InChI=1S/C25H41N3O2/c1-17(26-29)21-8-9-22-20-7-6-18-16-19(27-30-15-14-28(4)5)10-12-24(18,2)23(20)11-13-25(21,22)3/h16,20-23,29H,6-15H2,1-5H3/b26-17+,27-19-/t20-,21+,22-,23-,24-,25+/m0/s1. The van der Waals surface area contributed by atoms with Crippen molar-refractivity contribution in [2.24, 2.45) is 44.8 Å². The largest absolute Gasteiger partial charge is 0.411 e. The predicted octanol–water partition coefficient (Wildman–Crippen LogP) is 5.35. The first kappa shape index (κ1) is 21.9. The van der Waals surface area contributed by atoms with E-state index in [9.17, 15) is 5.21 Å². The zero-order chi connectivity index (χ0) is 21.5. The van der Waals surface area contributed by atoms with Gasteiger partial charge in [0.2, 0.25) is 0 Å². The molecule has 0 amide bonds. The summed E-state index contributed by atoms with van der Waals surface area (Å²) in [6.45, 7) is 8.60. The van der Waals surface area contributed by atoms with Crippen LogP contribution in [0.5, 0.6) is 0 Å². The van der Waals surface area contributed by atoms with E-state index in [1.54, 1.807) is 5.57 Å². The van der Waals surface area contributed by atoms with Gasteiger partial charge in [0, 0.05) is 12.5 Å². The molecule has 0 heterocycles. The van der Waals surface area contributed by atoms with E-state index in [0.717, 1.165) is 42.1 Å². The number of likely N-dealkylation sites (N-methyl/N-ethyl adjacent to an activating group) is 1. The molecule has 5 heteroatoms. The lowest BCUT2D eigenvalue weighted by atomic mass is 9.46. The van der Waals surface area contributed by atoms with E-state index in [0.29, 0.717) is 23.4 Å². The third kappa shape index (κ3) is 3.61. The number of allylic oxidation sites excluding steroid dienone is 2. The first-order valence-corrected chi connectivity index (χ1v) is 12.0. The Hall–Kier alpha value is -1.36. The predicted molar refractivity (Wildman–Crippen MR) is 122 cm³/mol. The summed E-state index contributed by atoms with van der Waals surface area (Å²) in [5.41, 5.74) is 4.35. The average molecular weight is 416 g/mol. The Balaban J connectivity index is 1.50. The van der Waals surface area contributed by atoms with Crippen molar-refractivity contribution in [1.82, 2.24) is 4.90 Å². The third-order valence-corrected chi connectivity index (χ3v) is 9.45. The summed E-state index contributed by atoms with van der Waals surface area (Å²) in [4.78, 5) is 7.71. The molecule has 168 valence electrons. The Morgan fingerprint density at radius 3 is 2.67 bits per heavy atom. The number of nitrogens with zero attached hydrogens (tertiary/aromatic N) is 3. The zero-order valence-corrected chi connectivity index (χ0v) is 19.7. The van der Waals surface area contributed by atoms with Crippen LogP contribution in [-0.2, 0) is 4.84 Å². The van der Waals surface area contributed by atoms with Crippen LogP contribution in [0, 0.1) is 34.5 Å². The van der Waals surface area contributed by atoms with Gasteiger partial charge in [0.15, 0.2) is 0 Å². The van der Waals surface area contributed by atoms with Gasteiger partial charge in [-0.25, -0.2) is 0 Å². The van der Waals surface area contributed by atoms with Gasteiger partial charge in [0.1, 0.15) is 6.61 Å². The van der Waals surface area contributed by atoms with Gasteiger partial charge < -0.3 is 14.9 Å². The molecule has 0 aromatic rings. The van der Waals surface area contributed by atoms with Crippen LogP contribution in [0.2, 0.25) is 0 Å². The van der Waals surface area contributed by atoms with E-state index in [2.05, 4.69) is 49.2 Å². The number of hydrogen-bond acceptors (Lipinski definition) is 5. The van der Waals surface area contributed by atoms with Gasteiger partial charge in [0.05, 0.1) is 11.4 Å². The third-order valence-electron chi connectivity index (χ3n) is 9.45. The molecule has 0 bridgehead atoms. The molecule has 6 atom stereocenters. The second-order valence-corrected chi connectivity index (χ2v) is 11.1. The second-order valence-electron chi connectivity index (χ2n) is 11.1. The molecule has 0 saturated heterocycles. The van der Waals surface area contributed by atoms with Gasteiger partial charge in [-0.1, -0.05) is 29.7 Å². The van der Waals surface area contributed by atoms with Crippen molar-refractivity contribution in [1.29, 1.82) is 0 Å². The molecule has 0 spiro atoms. The van der Waals surface area contributed by atoms with Gasteiger partial charge in [-0.15, -0.1) is 0 Å². The molecule has 5 nitrogen and oxygen atoms in total. The SMILES string of the molecule is C/C(=N\O)[C@H]1CC[C@H]2[C@@H]3CCC4=C/C(=N\OCCN(C)C)CC[C@]4(C)[C@H]3CC[C@]12C. The fourth-order valence-electron chi connectivity index (χ4n) is 7.75. The Morgan fingerprint density at radius 1 is 1.13 bits per heavy atom. The first-order valence-electron chi connectivity index (χ1n) is 12.0. The van der Waals surface area contributed by atoms with Crippen LogP contribution in [0.4, 0.5) is 0 Å². The maximum absolute atomic E-state index is 9.41. The Labute approximate surface area is 182 Å². The smallest absolute Gasteiger partial charge is 0.129 e. The van der Waals surface area contributed by atoms with Gasteiger partial charge in [-0.05, 0) is 107 Å². The van der Waals surface area contributed by atoms with Crippen LogP contribution >= 0.6 is 0 Å². The highest BCUT2D eigenvalue weighted by molar-refractivity contribution is 5.96. The van der Waals surface area contributed by atoms with Crippen LogP contribution in [0.15, 0.2) is 22.0 Å². The van der Waals surface area contributed by atoms with E-state index in [1.165, 1.54) is 44.9 Å². The summed E-state index contributed by atoms with van der Waals surface area (Å²) in [5.74, 6) is 2.84. The van der Waals surface area contributed by atoms with Crippen molar-refractivity contribution in [3.8, 4) is 0 Å². The maximum atomic E-state index is 9.41. The lowest BCUT2D eigenvalue weighted by Gasteiger charge is -2.58. The van der Waals surface area contributed by atoms with Crippen molar-refractivity contribution in [3.05, 3.63) is 11.6 Å². The summed E-state index contributed by atoms with van der Waals surface area (Å²) in [6, 6.07) is 0. The number of oxime groups is 2. The minimum Gasteiger partial charge on any atom is -0.411 e. The summed E-state index contributed by atoms with van der Waals surface area (Å²) in [7, 11) is 4.12. The molecular weight excluding hydrogens is 374 g/mol. The minimum atomic E-state index is 0.316. The molecule has 4 rings (SSSR count). The monoisotopic (exact) mass is 415 g/mol. The molecule has 3 fully saturated rings. The van der Waals surface area contributed by atoms with Gasteiger partial charge in [-0.3, -0.25) is 0 Å². The van der Waals surface area contributed by atoms with E-state index < -0.39 is 0 Å². The molecule has 0 unspecified atom stereocenters. The summed E-state index contributed by atoms with van der Waals surface area (Å²) < 4.78 is 0. The van der Waals surface area contributed by atoms with Crippen LogP contribution < -0.4 is 0 Å². The Morgan fingerprint density at radius 2 is 1.93 bits per heavy atom. The molecule has 1 N–H and O–H groups in total. The van der Waals surface area contributed by atoms with Crippen molar-refractivity contribution >= 4 is 11.4 Å². The Kier molecular flexibility index (Phi) is 6.04. The molecular formula is C25H41N3O2. The molecule has 30 heavy (non-hydrogen) atoms. The van der Waals surface area contributed by atoms with Crippen molar-refractivity contribution in [2.45, 2.75) is 72.1 Å². The van der Waals surface area contributed by atoms with E-state index in [-0.39, 0.29) is 0 Å². The molecule has 0 radical (unpaired) electrons. The minimum absolute atomic E-state index is 0.316. The van der Waals surface area contributed by atoms with Crippen molar-refractivity contribution in [2.75, 3.05) is 27.2 Å². The van der Waals surface area contributed by atoms with Crippen LogP contribution in [0.1, 0.15) is 72.1 Å². The van der Waals surface area contributed by atoms with Gasteiger partial charge in [-0.2, -0.15) is 0 Å². The highest BCUT2D eigenvalue weighted by Gasteiger charge is 2.59. The molecule has 4 aliphatic carbocycles. The zero-order valence-electron chi connectivity index (χ0n) is 19.7. The van der Waals surface area contributed by atoms with Crippen LogP contribution in [-0.4, -0.2) is 48.8 Å². The molecule has 3 saturated carbocycles. The lowest BCUT2D eigenvalue weighted by Crippen LogP contribution is -2.51. The van der Waals surface area contributed by atoms with Crippen LogP contribution in [0.3, 0.4) is 0 Å². The van der Waals surface area contributed by atoms with Crippen molar-refractivity contribution in [3.63, 3.8) is 0 Å². The van der Waals surface area contributed by atoms with E-state index >= 15 is 0 Å². The van der Waals surface area contributed by atoms with Gasteiger partial charge in [0.25, 0.3) is 0 Å². The number of hydrogen-bond donors (Lipinski definition) is 1.